The van der Waals surface area contributed by atoms with Crippen LogP contribution in [0.3, 0.4) is 0 Å². The Bertz CT molecular complexity index is 1100. The Morgan fingerprint density at radius 1 is 1.10 bits per heavy atom. The van der Waals surface area contributed by atoms with Gasteiger partial charge in [0, 0.05) is 17.6 Å². The molecule has 2 aromatic carbocycles. The Labute approximate surface area is 180 Å². The van der Waals surface area contributed by atoms with Crippen molar-refractivity contribution in [3.8, 4) is 0 Å². The van der Waals surface area contributed by atoms with E-state index in [0.717, 1.165) is 13.1 Å². The van der Waals surface area contributed by atoms with Crippen LogP contribution in [0.5, 0.6) is 0 Å². The van der Waals surface area contributed by atoms with Crippen LogP contribution in [0.15, 0.2) is 57.7 Å². The monoisotopic (exact) mass is 424 g/mol. The average molecular weight is 425 g/mol. The molecule has 1 N–H and O–H groups in total. The van der Waals surface area contributed by atoms with Crippen molar-refractivity contribution < 1.29 is 9.21 Å². The molecule has 0 spiro atoms. The minimum atomic E-state index is -0.391. The van der Waals surface area contributed by atoms with Crippen molar-refractivity contribution in [3.63, 3.8) is 0 Å². The van der Waals surface area contributed by atoms with Crippen LogP contribution in [0, 0.1) is 6.92 Å². The number of carbonyl (C=O) groups is 1. The van der Waals surface area contributed by atoms with Gasteiger partial charge in [0.15, 0.2) is 11.2 Å². The number of aryl methyl sites for hydroxylation is 1. The van der Waals surface area contributed by atoms with Crippen molar-refractivity contribution in [2.75, 3.05) is 19.6 Å². The molecular weight excluding hydrogens is 400 g/mol. The lowest BCUT2D eigenvalue weighted by Crippen LogP contribution is -2.40. The van der Waals surface area contributed by atoms with Gasteiger partial charge in [-0.25, -0.2) is 0 Å². The summed E-state index contributed by atoms with van der Waals surface area (Å²) in [6, 6.07) is 14.6. The maximum absolute atomic E-state index is 12.8. The molecule has 0 unspecified atom stereocenters. The molecule has 5 nitrogen and oxygen atoms in total. The first-order valence-electron chi connectivity index (χ1n) is 10.3. The van der Waals surface area contributed by atoms with E-state index in [1.807, 2.05) is 0 Å². The third-order valence-electron chi connectivity index (χ3n) is 5.66. The summed E-state index contributed by atoms with van der Waals surface area (Å²) in [6.07, 6.45) is 3.58. The lowest BCUT2D eigenvalue weighted by molar-refractivity contribution is 0.0897. The van der Waals surface area contributed by atoms with Gasteiger partial charge in [0.05, 0.1) is 11.4 Å². The fourth-order valence-corrected chi connectivity index (χ4v) is 4.17. The summed E-state index contributed by atoms with van der Waals surface area (Å²) >= 11 is 5.95. The highest BCUT2D eigenvalue weighted by Gasteiger charge is 2.23. The number of rotatable bonds is 5. The van der Waals surface area contributed by atoms with Crippen LogP contribution in [0.1, 0.15) is 47.0 Å². The predicted octanol–water partition coefficient (Wildman–Crippen LogP) is 4.71. The molecule has 1 aliphatic heterocycles. The van der Waals surface area contributed by atoms with Crippen LogP contribution in [-0.4, -0.2) is 30.4 Å². The van der Waals surface area contributed by atoms with Crippen molar-refractivity contribution in [1.82, 2.24) is 10.2 Å². The van der Waals surface area contributed by atoms with E-state index < -0.39 is 5.91 Å². The number of piperidine rings is 1. The van der Waals surface area contributed by atoms with E-state index in [4.69, 9.17) is 16.0 Å². The quantitative estimate of drug-likeness (QED) is 0.644. The maximum Gasteiger partial charge on any atom is 0.287 e. The third kappa shape index (κ3) is 4.58. The lowest BCUT2D eigenvalue weighted by atomic mass is 10.0. The van der Waals surface area contributed by atoms with Crippen LogP contribution in [0.2, 0.25) is 5.02 Å². The molecule has 156 valence electrons. The number of fused-ring (bicyclic) bond motifs is 1. The molecule has 1 aliphatic rings. The summed E-state index contributed by atoms with van der Waals surface area (Å²) in [5.41, 5.74) is 2.45. The number of hydrogen-bond acceptors (Lipinski definition) is 4. The van der Waals surface area contributed by atoms with Crippen LogP contribution in [-0.2, 0) is 0 Å². The van der Waals surface area contributed by atoms with Gasteiger partial charge < -0.3 is 9.73 Å². The van der Waals surface area contributed by atoms with Crippen molar-refractivity contribution >= 4 is 28.5 Å². The molecular formula is C24H25ClN2O3. The Kier molecular flexibility index (Phi) is 6.21. The summed E-state index contributed by atoms with van der Waals surface area (Å²) in [5, 5.41) is 3.79. The molecule has 0 aliphatic carbocycles. The first-order chi connectivity index (χ1) is 14.5. The van der Waals surface area contributed by atoms with Gasteiger partial charge in [0.25, 0.3) is 5.91 Å². The van der Waals surface area contributed by atoms with Gasteiger partial charge in [-0.3, -0.25) is 14.5 Å². The second kappa shape index (κ2) is 9.02. The number of amides is 1. The number of nitrogens with zero attached hydrogens (tertiary/aromatic N) is 1. The zero-order valence-electron chi connectivity index (χ0n) is 17.0. The van der Waals surface area contributed by atoms with Crippen LogP contribution in [0.25, 0.3) is 11.0 Å². The molecule has 6 heteroatoms. The molecule has 1 atom stereocenters. The first-order valence-corrected chi connectivity index (χ1v) is 10.7. The normalized spacial score (nSPS) is 15.8. The number of halogens is 1. The molecule has 30 heavy (non-hydrogen) atoms. The Balaban J connectivity index is 1.55. The second-order valence-electron chi connectivity index (χ2n) is 7.85. The maximum atomic E-state index is 12.8. The molecule has 0 saturated carbocycles. The summed E-state index contributed by atoms with van der Waals surface area (Å²) in [4.78, 5) is 27.6. The molecule has 0 bridgehead atoms. The third-order valence-corrected chi connectivity index (χ3v) is 5.90. The van der Waals surface area contributed by atoms with Crippen molar-refractivity contribution in [2.45, 2.75) is 32.2 Å². The van der Waals surface area contributed by atoms with E-state index in [2.05, 4.69) is 41.4 Å². The predicted molar refractivity (Wildman–Crippen MR) is 119 cm³/mol. The number of nitrogens with one attached hydrogen (secondary N) is 1. The fourth-order valence-electron chi connectivity index (χ4n) is 3.99. The SMILES string of the molecule is Cc1ccc([C@H](CNC(=O)c2cc(=O)c3cc(Cl)ccc3o2)N2CCCCC2)cc1. The van der Waals surface area contributed by atoms with E-state index in [0.29, 0.717) is 22.5 Å². The topological polar surface area (TPSA) is 62.6 Å². The summed E-state index contributed by atoms with van der Waals surface area (Å²) < 4.78 is 5.67. The van der Waals surface area contributed by atoms with Gasteiger partial charge in [0.2, 0.25) is 0 Å². The molecule has 3 aromatic rings. The lowest BCUT2D eigenvalue weighted by Gasteiger charge is -2.35. The zero-order valence-corrected chi connectivity index (χ0v) is 17.7. The molecule has 1 saturated heterocycles. The number of carbonyl (C=O) groups excluding carboxylic acids is 1. The second-order valence-corrected chi connectivity index (χ2v) is 8.28. The van der Waals surface area contributed by atoms with Crippen LogP contribution in [0.4, 0.5) is 0 Å². The summed E-state index contributed by atoms with van der Waals surface area (Å²) in [7, 11) is 0. The van der Waals surface area contributed by atoms with Crippen LogP contribution >= 0.6 is 11.6 Å². The van der Waals surface area contributed by atoms with E-state index in [1.165, 1.54) is 36.5 Å². The summed E-state index contributed by atoms with van der Waals surface area (Å²) in [5.74, 6) is -0.380. The Morgan fingerprint density at radius 2 is 1.83 bits per heavy atom. The highest BCUT2D eigenvalue weighted by Crippen LogP contribution is 2.25. The molecule has 1 fully saturated rings. The highest BCUT2D eigenvalue weighted by molar-refractivity contribution is 6.31. The van der Waals surface area contributed by atoms with Gasteiger partial charge in [-0.15, -0.1) is 0 Å². The van der Waals surface area contributed by atoms with E-state index in [9.17, 15) is 9.59 Å². The smallest absolute Gasteiger partial charge is 0.287 e. The largest absolute Gasteiger partial charge is 0.451 e. The van der Waals surface area contributed by atoms with Gasteiger partial charge in [0.1, 0.15) is 5.58 Å². The Morgan fingerprint density at radius 3 is 2.57 bits per heavy atom. The van der Waals surface area contributed by atoms with Crippen LogP contribution < -0.4 is 10.7 Å². The minimum absolute atomic E-state index is 0.0103. The zero-order chi connectivity index (χ0) is 21.1. The number of hydrogen-bond donors (Lipinski definition) is 1. The van der Waals surface area contributed by atoms with Crippen molar-refractivity contribution in [1.29, 1.82) is 0 Å². The van der Waals surface area contributed by atoms with Crippen molar-refractivity contribution in [2.24, 2.45) is 0 Å². The molecule has 0 radical (unpaired) electrons. The number of likely N-dealkylation sites (tertiary alicyclic amines) is 1. The van der Waals surface area contributed by atoms with E-state index >= 15 is 0 Å². The first kappa shape index (κ1) is 20.6. The highest BCUT2D eigenvalue weighted by atomic mass is 35.5. The van der Waals surface area contributed by atoms with E-state index in [-0.39, 0.29) is 17.2 Å². The average Bonchev–Trinajstić information content (AvgIpc) is 2.76. The Hall–Kier alpha value is -2.63. The molecule has 1 amide bonds. The molecule has 1 aromatic heterocycles. The standard InChI is InChI=1S/C24H25ClN2O3/c1-16-5-7-17(8-6-16)20(27-11-3-2-4-12-27)15-26-24(29)23-14-21(28)19-13-18(25)9-10-22(19)30-23/h5-10,13-14,20H,2-4,11-12,15H2,1H3,(H,26,29)/t20-/m0/s1. The minimum Gasteiger partial charge on any atom is -0.451 e. The molecule has 4 rings (SSSR count). The van der Waals surface area contributed by atoms with Crippen molar-refractivity contribution in [3.05, 3.63) is 80.7 Å². The molecule has 2 heterocycles. The van der Waals surface area contributed by atoms with E-state index in [1.54, 1.807) is 18.2 Å². The van der Waals surface area contributed by atoms with Gasteiger partial charge in [-0.05, 0) is 56.6 Å². The van der Waals surface area contributed by atoms with Gasteiger partial charge >= 0.3 is 0 Å². The number of benzene rings is 2. The van der Waals surface area contributed by atoms with Gasteiger partial charge in [-0.2, -0.15) is 0 Å². The van der Waals surface area contributed by atoms with Gasteiger partial charge in [-0.1, -0.05) is 47.9 Å². The summed E-state index contributed by atoms with van der Waals surface area (Å²) in [6.45, 7) is 4.54. The fraction of sp³-hybridized carbons (Fsp3) is 0.333.